The quantitative estimate of drug-likeness (QED) is 0.485. The molecule has 0 bridgehead atoms. The van der Waals surface area contributed by atoms with Gasteiger partial charge in [0.25, 0.3) is 0 Å². The van der Waals surface area contributed by atoms with Crippen LogP contribution in [0.4, 0.5) is 0 Å². The van der Waals surface area contributed by atoms with Crippen LogP contribution < -0.4 is 4.74 Å². The van der Waals surface area contributed by atoms with Crippen molar-refractivity contribution in [3.8, 4) is 5.75 Å². The Balaban J connectivity index is 2.21. The second kappa shape index (κ2) is 5.70. The maximum absolute atomic E-state index is 12.1. The second-order valence-corrected chi connectivity index (χ2v) is 4.81. The first kappa shape index (κ1) is 14.0. The molecule has 0 aliphatic heterocycles. The number of aryl methyl sites for hydroxylation is 2. The molecule has 102 valence electrons. The zero-order valence-corrected chi connectivity index (χ0v) is 11.8. The molecular weight excluding hydrogens is 252 g/mol. The number of rotatable bonds is 3. The summed E-state index contributed by atoms with van der Waals surface area (Å²) in [6, 6.07) is 10.1. The van der Waals surface area contributed by atoms with Gasteiger partial charge in [-0.1, -0.05) is 0 Å². The highest BCUT2D eigenvalue weighted by molar-refractivity contribution is 5.91. The van der Waals surface area contributed by atoms with Crippen molar-refractivity contribution in [2.45, 2.75) is 20.8 Å². The molecule has 0 heterocycles. The van der Waals surface area contributed by atoms with Crippen molar-refractivity contribution in [2.75, 3.05) is 0 Å². The number of hydrogen-bond donors (Lipinski definition) is 0. The molecule has 0 atom stereocenters. The Bertz CT molecular complexity index is 631. The van der Waals surface area contributed by atoms with E-state index in [1.165, 1.54) is 5.56 Å². The van der Waals surface area contributed by atoms with Gasteiger partial charge in [0.05, 0.1) is 5.56 Å². The van der Waals surface area contributed by atoms with Gasteiger partial charge >= 0.3 is 5.97 Å². The Morgan fingerprint density at radius 3 is 2.05 bits per heavy atom. The summed E-state index contributed by atoms with van der Waals surface area (Å²) in [5.74, 6) is 0.0338. The monoisotopic (exact) mass is 268 g/mol. The molecule has 0 spiro atoms. The molecular formula is C17H16O3. The number of ether oxygens (including phenoxy) is 1. The largest absolute Gasteiger partial charge is 0.423 e. The van der Waals surface area contributed by atoms with Gasteiger partial charge in [-0.3, -0.25) is 4.79 Å². The van der Waals surface area contributed by atoms with Gasteiger partial charge in [0.2, 0.25) is 0 Å². The minimum absolute atomic E-state index is 0.393. The molecule has 2 rings (SSSR count). The Hall–Kier alpha value is -2.42. The molecule has 0 aliphatic carbocycles. The highest BCUT2D eigenvalue weighted by Gasteiger charge is 2.11. The molecule has 0 radical (unpaired) electrons. The Morgan fingerprint density at radius 2 is 1.55 bits per heavy atom. The molecule has 0 saturated carbocycles. The maximum atomic E-state index is 12.1. The van der Waals surface area contributed by atoms with Crippen LogP contribution in [0.3, 0.4) is 0 Å². The van der Waals surface area contributed by atoms with Crippen molar-refractivity contribution < 1.29 is 14.3 Å². The molecule has 2 aromatic rings. The Morgan fingerprint density at radius 1 is 1.00 bits per heavy atom. The first-order chi connectivity index (χ1) is 9.51. The molecule has 20 heavy (non-hydrogen) atoms. The van der Waals surface area contributed by atoms with E-state index in [1.807, 2.05) is 32.9 Å². The van der Waals surface area contributed by atoms with Crippen molar-refractivity contribution in [1.29, 1.82) is 0 Å². The number of hydrogen-bond acceptors (Lipinski definition) is 3. The zero-order chi connectivity index (χ0) is 14.7. The van der Waals surface area contributed by atoms with Crippen LogP contribution in [0.15, 0.2) is 36.4 Å². The van der Waals surface area contributed by atoms with Gasteiger partial charge in [-0.05, 0) is 73.9 Å². The van der Waals surface area contributed by atoms with E-state index in [0.29, 0.717) is 16.9 Å². The van der Waals surface area contributed by atoms with Gasteiger partial charge in [-0.25, -0.2) is 4.79 Å². The Labute approximate surface area is 118 Å². The summed E-state index contributed by atoms with van der Waals surface area (Å²) in [6.45, 7) is 5.97. The lowest BCUT2D eigenvalue weighted by atomic mass is 10.0. The SMILES string of the molecule is Cc1cc(C(=O)Oc2ccc(C=O)cc2)cc(C)c1C. The molecule has 0 fully saturated rings. The lowest BCUT2D eigenvalue weighted by Crippen LogP contribution is -2.09. The molecule has 0 aromatic heterocycles. The number of benzene rings is 2. The third-order valence-corrected chi connectivity index (χ3v) is 3.39. The third kappa shape index (κ3) is 2.94. The van der Waals surface area contributed by atoms with Crippen molar-refractivity contribution in [3.05, 3.63) is 64.2 Å². The fourth-order valence-corrected chi connectivity index (χ4v) is 1.93. The standard InChI is InChI=1S/C17H16O3/c1-11-8-15(9-12(2)13(11)3)17(19)20-16-6-4-14(10-18)5-7-16/h4-10H,1-3H3. The molecule has 2 aromatic carbocycles. The van der Waals surface area contributed by atoms with Crippen LogP contribution in [0.5, 0.6) is 5.75 Å². The summed E-state index contributed by atoms with van der Waals surface area (Å²) in [4.78, 5) is 22.7. The van der Waals surface area contributed by atoms with Gasteiger partial charge in [0.15, 0.2) is 0 Å². The van der Waals surface area contributed by atoms with E-state index in [-0.39, 0.29) is 0 Å². The summed E-state index contributed by atoms with van der Waals surface area (Å²) in [7, 11) is 0. The average Bonchev–Trinajstić information content (AvgIpc) is 2.45. The topological polar surface area (TPSA) is 43.4 Å². The molecule has 0 N–H and O–H groups in total. The minimum atomic E-state index is -0.393. The summed E-state index contributed by atoms with van der Waals surface area (Å²) in [5.41, 5.74) is 4.38. The fraction of sp³-hybridized carbons (Fsp3) is 0.176. The number of carbonyl (C=O) groups is 2. The van der Waals surface area contributed by atoms with Gasteiger partial charge in [0.1, 0.15) is 12.0 Å². The van der Waals surface area contributed by atoms with Crippen LogP contribution in [0.1, 0.15) is 37.4 Å². The Kier molecular flexibility index (Phi) is 3.99. The van der Waals surface area contributed by atoms with Crippen LogP contribution in [0.25, 0.3) is 0 Å². The molecule has 0 saturated heterocycles. The predicted octanol–water partition coefficient (Wildman–Crippen LogP) is 3.64. The highest BCUT2D eigenvalue weighted by Crippen LogP contribution is 2.18. The number of esters is 1. The summed E-state index contributed by atoms with van der Waals surface area (Å²) in [5, 5.41) is 0. The predicted molar refractivity (Wildman–Crippen MR) is 77.4 cm³/mol. The highest BCUT2D eigenvalue weighted by atomic mass is 16.5. The minimum Gasteiger partial charge on any atom is -0.423 e. The second-order valence-electron chi connectivity index (χ2n) is 4.81. The van der Waals surface area contributed by atoms with E-state index in [1.54, 1.807) is 24.3 Å². The first-order valence-corrected chi connectivity index (χ1v) is 6.36. The van der Waals surface area contributed by atoms with E-state index in [4.69, 9.17) is 4.74 Å². The van der Waals surface area contributed by atoms with Crippen LogP contribution in [0.2, 0.25) is 0 Å². The zero-order valence-electron chi connectivity index (χ0n) is 11.8. The number of carbonyl (C=O) groups excluding carboxylic acids is 2. The van der Waals surface area contributed by atoms with E-state index in [9.17, 15) is 9.59 Å². The van der Waals surface area contributed by atoms with Gasteiger partial charge in [0, 0.05) is 5.56 Å². The summed E-state index contributed by atoms with van der Waals surface area (Å²) < 4.78 is 5.29. The lowest BCUT2D eigenvalue weighted by Gasteiger charge is -2.09. The first-order valence-electron chi connectivity index (χ1n) is 6.36. The van der Waals surface area contributed by atoms with Crippen LogP contribution in [-0.2, 0) is 0 Å². The van der Waals surface area contributed by atoms with E-state index < -0.39 is 5.97 Å². The molecule has 0 amide bonds. The van der Waals surface area contributed by atoms with Crippen LogP contribution >= 0.6 is 0 Å². The average molecular weight is 268 g/mol. The van der Waals surface area contributed by atoms with Crippen LogP contribution in [0, 0.1) is 20.8 Å². The van der Waals surface area contributed by atoms with Gasteiger partial charge < -0.3 is 4.74 Å². The molecule has 3 nitrogen and oxygen atoms in total. The van der Waals surface area contributed by atoms with E-state index in [0.717, 1.165) is 17.4 Å². The normalized spacial score (nSPS) is 10.2. The molecule has 0 unspecified atom stereocenters. The van der Waals surface area contributed by atoms with Crippen molar-refractivity contribution in [1.82, 2.24) is 0 Å². The van der Waals surface area contributed by atoms with Crippen molar-refractivity contribution in [3.63, 3.8) is 0 Å². The lowest BCUT2D eigenvalue weighted by molar-refractivity contribution is 0.0734. The van der Waals surface area contributed by atoms with E-state index >= 15 is 0 Å². The summed E-state index contributed by atoms with van der Waals surface area (Å²) >= 11 is 0. The fourth-order valence-electron chi connectivity index (χ4n) is 1.93. The molecule has 0 aliphatic rings. The van der Waals surface area contributed by atoms with E-state index in [2.05, 4.69) is 0 Å². The maximum Gasteiger partial charge on any atom is 0.343 e. The van der Waals surface area contributed by atoms with Gasteiger partial charge in [-0.2, -0.15) is 0 Å². The van der Waals surface area contributed by atoms with Crippen molar-refractivity contribution in [2.24, 2.45) is 0 Å². The molecule has 3 heteroatoms. The van der Waals surface area contributed by atoms with Crippen LogP contribution in [-0.4, -0.2) is 12.3 Å². The summed E-state index contributed by atoms with van der Waals surface area (Å²) in [6.07, 6.45) is 0.748. The van der Waals surface area contributed by atoms with Gasteiger partial charge in [-0.15, -0.1) is 0 Å². The number of aldehydes is 1. The smallest absolute Gasteiger partial charge is 0.343 e. The third-order valence-electron chi connectivity index (χ3n) is 3.39. The van der Waals surface area contributed by atoms with Crippen molar-refractivity contribution >= 4 is 12.3 Å².